The molecule has 0 bridgehead atoms. The van der Waals surface area contributed by atoms with E-state index in [1.807, 2.05) is 13.8 Å². The fraction of sp³-hybridized carbons (Fsp3) is 0.846. The lowest BCUT2D eigenvalue weighted by atomic mass is 9.86. The highest BCUT2D eigenvalue weighted by Crippen LogP contribution is 2.24. The lowest BCUT2D eigenvalue weighted by molar-refractivity contribution is -0.160. The summed E-state index contributed by atoms with van der Waals surface area (Å²) in [6.07, 6.45) is 2.11. The van der Waals surface area contributed by atoms with Gasteiger partial charge in [-0.1, -0.05) is 20.3 Å². The van der Waals surface area contributed by atoms with E-state index in [9.17, 15) is 9.59 Å². The molecule has 2 unspecified atom stereocenters. The van der Waals surface area contributed by atoms with Crippen molar-refractivity contribution < 1.29 is 19.1 Å². The minimum Gasteiger partial charge on any atom is -0.466 e. The largest absolute Gasteiger partial charge is 0.466 e. The van der Waals surface area contributed by atoms with E-state index in [0.29, 0.717) is 26.1 Å². The first-order valence-corrected chi connectivity index (χ1v) is 6.45. The Labute approximate surface area is 104 Å². The Morgan fingerprint density at radius 2 is 1.35 bits per heavy atom. The Bertz CT molecular complexity index is 238. The molecule has 0 N–H and O–H groups in total. The standard InChI is InChI=1S/C13H24O4/c1-5-9-11(13(15)17-8-4)10(6-2)12(14)16-7-3/h10-11H,5-9H2,1-4H3. The predicted molar refractivity (Wildman–Crippen MR) is 65.4 cm³/mol. The summed E-state index contributed by atoms with van der Waals surface area (Å²) >= 11 is 0. The molecule has 0 spiro atoms. The Kier molecular flexibility index (Phi) is 8.46. The van der Waals surface area contributed by atoms with Crippen LogP contribution in [0.3, 0.4) is 0 Å². The van der Waals surface area contributed by atoms with Gasteiger partial charge in [-0.2, -0.15) is 0 Å². The molecule has 0 aromatic rings. The molecule has 4 heteroatoms. The lowest BCUT2D eigenvalue weighted by Crippen LogP contribution is -2.32. The molecule has 0 fully saturated rings. The quantitative estimate of drug-likeness (QED) is 0.616. The molecule has 2 atom stereocenters. The molecular weight excluding hydrogens is 220 g/mol. The van der Waals surface area contributed by atoms with Gasteiger partial charge in [-0.15, -0.1) is 0 Å². The predicted octanol–water partition coefficient (Wildman–Crippen LogP) is 2.56. The second-order valence-corrected chi connectivity index (χ2v) is 3.91. The van der Waals surface area contributed by atoms with Crippen LogP contribution in [0.1, 0.15) is 47.0 Å². The summed E-state index contributed by atoms with van der Waals surface area (Å²) < 4.78 is 10.0. The fourth-order valence-corrected chi connectivity index (χ4v) is 1.91. The van der Waals surface area contributed by atoms with Crippen molar-refractivity contribution >= 4 is 11.9 Å². The Balaban J connectivity index is 4.72. The topological polar surface area (TPSA) is 52.6 Å². The molecule has 100 valence electrons. The van der Waals surface area contributed by atoms with E-state index < -0.39 is 0 Å². The first-order chi connectivity index (χ1) is 8.12. The van der Waals surface area contributed by atoms with Crippen molar-refractivity contribution in [1.82, 2.24) is 0 Å². The summed E-state index contributed by atoms with van der Waals surface area (Å²) in [5, 5.41) is 0. The van der Waals surface area contributed by atoms with Crippen LogP contribution in [0.5, 0.6) is 0 Å². The van der Waals surface area contributed by atoms with Crippen molar-refractivity contribution in [1.29, 1.82) is 0 Å². The van der Waals surface area contributed by atoms with Gasteiger partial charge >= 0.3 is 11.9 Å². The maximum atomic E-state index is 11.8. The van der Waals surface area contributed by atoms with Gasteiger partial charge in [-0.05, 0) is 26.7 Å². The van der Waals surface area contributed by atoms with E-state index in [4.69, 9.17) is 9.47 Å². The van der Waals surface area contributed by atoms with E-state index in [2.05, 4.69) is 0 Å². The third kappa shape index (κ3) is 5.20. The van der Waals surface area contributed by atoms with E-state index >= 15 is 0 Å². The highest BCUT2D eigenvalue weighted by Gasteiger charge is 2.33. The van der Waals surface area contributed by atoms with E-state index in [1.54, 1.807) is 13.8 Å². The molecule has 0 aromatic heterocycles. The van der Waals surface area contributed by atoms with Crippen LogP contribution in [0.2, 0.25) is 0 Å². The summed E-state index contributed by atoms with van der Waals surface area (Å²) in [7, 11) is 0. The summed E-state index contributed by atoms with van der Waals surface area (Å²) in [5.41, 5.74) is 0. The molecular formula is C13H24O4. The van der Waals surface area contributed by atoms with Crippen LogP contribution < -0.4 is 0 Å². The van der Waals surface area contributed by atoms with Crippen molar-refractivity contribution in [2.24, 2.45) is 11.8 Å². The highest BCUT2D eigenvalue weighted by atomic mass is 16.5. The molecule has 0 saturated carbocycles. The molecule has 17 heavy (non-hydrogen) atoms. The van der Waals surface area contributed by atoms with Crippen molar-refractivity contribution in [3.63, 3.8) is 0 Å². The van der Waals surface area contributed by atoms with Gasteiger partial charge in [0.2, 0.25) is 0 Å². The first kappa shape index (κ1) is 15.9. The number of carbonyl (C=O) groups is 2. The molecule has 0 aliphatic rings. The summed E-state index contributed by atoms with van der Waals surface area (Å²) in [6, 6.07) is 0. The maximum Gasteiger partial charge on any atom is 0.309 e. The van der Waals surface area contributed by atoms with Crippen LogP contribution in [-0.2, 0) is 19.1 Å². The molecule has 0 saturated heterocycles. The summed E-state index contributed by atoms with van der Waals surface area (Å²) in [5.74, 6) is -1.33. The van der Waals surface area contributed by atoms with Crippen LogP contribution in [0.25, 0.3) is 0 Å². The first-order valence-electron chi connectivity index (χ1n) is 6.45. The molecule has 4 nitrogen and oxygen atoms in total. The third-order valence-electron chi connectivity index (χ3n) is 2.70. The number of hydrogen-bond donors (Lipinski definition) is 0. The summed E-state index contributed by atoms with van der Waals surface area (Å²) in [4.78, 5) is 23.6. The third-order valence-corrected chi connectivity index (χ3v) is 2.70. The van der Waals surface area contributed by atoms with Gasteiger partial charge in [0, 0.05) is 0 Å². The Hall–Kier alpha value is -1.06. The van der Waals surface area contributed by atoms with Gasteiger partial charge in [0.1, 0.15) is 0 Å². The number of hydrogen-bond acceptors (Lipinski definition) is 4. The average molecular weight is 244 g/mol. The molecule has 0 amide bonds. The Morgan fingerprint density at radius 1 is 0.882 bits per heavy atom. The molecule has 0 aliphatic heterocycles. The van der Waals surface area contributed by atoms with Gasteiger partial charge in [-0.25, -0.2) is 0 Å². The number of carbonyl (C=O) groups excluding carboxylic acids is 2. The molecule has 0 aromatic carbocycles. The number of rotatable bonds is 8. The summed E-state index contributed by atoms with van der Waals surface area (Å²) in [6.45, 7) is 8.11. The van der Waals surface area contributed by atoms with Gasteiger partial charge in [0.05, 0.1) is 25.0 Å². The van der Waals surface area contributed by atoms with Crippen LogP contribution in [0.4, 0.5) is 0 Å². The van der Waals surface area contributed by atoms with Crippen molar-refractivity contribution in [2.45, 2.75) is 47.0 Å². The second kappa shape index (κ2) is 9.02. The van der Waals surface area contributed by atoms with Gasteiger partial charge in [0.15, 0.2) is 0 Å². The minimum atomic E-state index is -0.381. The normalized spacial score (nSPS) is 13.9. The average Bonchev–Trinajstić information content (AvgIpc) is 2.29. The van der Waals surface area contributed by atoms with E-state index in [-0.39, 0.29) is 23.8 Å². The molecule has 0 heterocycles. The zero-order chi connectivity index (χ0) is 13.3. The molecule has 0 rings (SSSR count). The highest BCUT2D eigenvalue weighted by molar-refractivity contribution is 5.82. The Morgan fingerprint density at radius 3 is 1.71 bits per heavy atom. The van der Waals surface area contributed by atoms with Gasteiger partial charge in [-0.3, -0.25) is 9.59 Å². The van der Waals surface area contributed by atoms with Gasteiger partial charge < -0.3 is 9.47 Å². The zero-order valence-corrected chi connectivity index (χ0v) is 11.3. The molecule has 0 radical (unpaired) electrons. The zero-order valence-electron chi connectivity index (χ0n) is 11.3. The fourth-order valence-electron chi connectivity index (χ4n) is 1.91. The van der Waals surface area contributed by atoms with Crippen molar-refractivity contribution in [3.05, 3.63) is 0 Å². The van der Waals surface area contributed by atoms with Crippen LogP contribution in [0.15, 0.2) is 0 Å². The number of ether oxygens (including phenoxy) is 2. The number of esters is 2. The van der Waals surface area contributed by atoms with Crippen LogP contribution in [0, 0.1) is 11.8 Å². The SMILES string of the molecule is CCCC(C(=O)OCC)C(CC)C(=O)OCC. The van der Waals surface area contributed by atoms with Gasteiger partial charge in [0.25, 0.3) is 0 Å². The lowest BCUT2D eigenvalue weighted by Gasteiger charge is -2.22. The monoisotopic (exact) mass is 244 g/mol. The van der Waals surface area contributed by atoms with Crippen molar-refractivity contribution in [3.8, 4) is 0 Å². The van der Waals surface area contributed by atoms with Crippen molar-refractivity contribution in [2.75, 3.05) is 13.2 Å². The minimum absolute atomic E-state index is 0.283. The van der Waals surface area contributed by atoms with Crippen LogP contribution in [-0.4, -0.2) is 25.2 Å². The molecule has 0 aliphatic carbocycles. The second-order valence-electron chi connectivity index (χ2n) is 3.91. The maximum absolute atomic E-state index is 11.8. The smallest absolute Gasteiger partial charge is 0.309 e. The van der Waals surface area contributed by atoms with E-state index in [0.717, 1.165) is 6.42 Å². The van der Waals surface area contributed by atoms with E-state index in [1.165, 1.54) is 0 Å². The van der Waals surface area contributed by atoms with Crippen LogP contribution >= 0.6 is 0 Å².